The smallest absolute Gasteiger partial charge is 0.223 e. The Hall–Kier alpha value is -2.11. The van der Waals surface area contributed by atoms with Crippen LogP contribution in [0.25, 0.3) is 11.5 Å². The Balaban J connectivity index is 1.87. The first-order chi connectivity index (χ1) is 13.0. The van der Waals surface area contributed by atoms with E-state index in [4.69, 9.17) is 28.3 Å². The maximum atomic E-state index is 11.3. The van der Waals surface area contributed by atoms with Crippen LogP contribution in [0.5, 0.6) is 0 Å². The van der Waals surface area contributed by atoms with Crippen LogP contribution >= 0.6 is 23.2 Å². The number of aromatic nitrogens is 5. The zero-order chi connectivity index (χ0) is 20.5. The summed E-state index contributed by atoms with van der Waals surface area (Å²) in [6, 6.07) is 9.94. The Morgan fingerprint density at radius 2 is 1.93 bits per heavy atom. The Morgan fingerprint density at radius 3 is 2.64 bits per heavy atom. The van der Waals surface area contributed by atoms with Crippen LogP contribution in [0.15, 0.2) is 36.4 Å². The summed E-state index contributed by atoms with van der Waals surface area (Å²) in [4.78, 5) is 5.58. The van der Waals surface area contributed by atoms with Gasteiger partial charge in [0.1, 0.15) is 11.3 Å². The van der Waals surface area contributed by atoms with Crippen molar-refractivity contribution in [3.63, 3.8) is 0 Å². The molecule has 0 spiro atoms. The zero-order valence-corrected chi connectivity index (χ0v) is 16.9. The van der Waals surface area contributed by atoms with Gasteiger partial charge in [0.05, 0.1) is 28.0 Å². The van der Waals surface area contributed by atoms with Crippen molar-refractivity contribution in [3.05, 3.63) is 57.7 Å². The number of aliphatic hydroxyl groups is 1. The molecule has 2 aromatic heterocycles. The molecule has 9 nitrogen and oxygen atoms in total. The van der Waals surface area contributed by atoms with Gasteiger partial charge in [-0.15, -0.1) is 10.2 Å². The molecule has 0 saturated heterocycles. The van der Waals surface area contributed by atoms with Crippen molar-refractivity contribution in [2.24, 2.45) is 5.14 Å². The van der Waals surface area contributed by atoms with Crippen molar-refractivity contribution in [2.75, 3.05) is 5.75 Å². The molecule has 0 saturated carbocycles. The van der Waals surface area contributed by atoms with Crippen molar-refractivity contribution in [2.45, 2.75) is 19.1 Å². The summed E-state index contributed by atoms with van der Waals surface area (Å²) in [7, 11) is -3.91. The van der Waals surface area contributed by atoms with E-state index in [0.717, 1.165) is 5.56 Å². The quantitative estimate of drug-likeness (QED) is 0.590. The first-order valence-corrected chi connectivity index (χ1v) is 10.4. The van der Waals surface area contributed by atoms with Gasteiger partial charge in [-0.2, -0.15) is 4.80 Å². The number of primary sulfonamides is 1. The van der Waals surface area contributed by atoms with Crippen LogP contribution in [-0.2, 0) is 22.2 Å². The molecule has 12 heteroatoms. The third-order valence-electron chi connectivity index (χ3n) is 3.81. The summed E-state index contributed by atoms with van der Waals surface area (Å²) in [5.41, 5.74) is -0.617. The molecular formula is C16H16Cl2N6O3S. The van der Waals surface area contributed by atoms with Gasteiger partial charge < -0.3 is 5.11 Å². The van der Waals surface area contributed by atoms with Crippen molar-refractivity contribution < 1.29 is 13.5 Å². The normalized spacial score (nSPS) is 14.0. The molecule has 0 amide bonds. The minimum Gasteiger partial charge on any atom is -0.383 e. The highest BCUT2D eigenvalue weighted by atomic mass is 35.5. The molecule has 0 fully saturated rings. The van der Waals surface area contributed by atoms with E-state index in [-0.39, 0.29) is 18.1 Å². The summed E-state index contributed by atoms with van der Waals surface area (Å²) in [5, 5.41) is 28.5. The first kappa shape index (κ1) is 20.6. The third-order valence-corrected chi connectivity index (χ3v) is 5.63. The number of rotatable bonds is 6. The largest absolute Gasteiger partial charge is 0.383 e. The van der Waals surface area contributed by atoms with E-state index >= 15 is 0 Å². The van der Waals surface area contributed by atoms with E-state index in [0.29, 0.717) is 15.7 Å². The third kappa shape index (κ3) is 4.83. The molecule has 0 aliphatic carbocycles. The number of nitrogens with two attached hydrogens (primary N) is 1. The van der Waals surface area contributed by atoms with E-state index in [1.54, 1.807) is 30.3 Å². The first-order valence-electron chi connectivity index (χ1n) is 7.97. The summed E-state index contributed by atoms with van der Waals surface area (Å²) in [6.45, 7) is 1.56. The van der Waals surface area contributed by atoms with E-state index < -0.39 is 21.4 Å². The van der Waals surface area contributed by atoms with E-state index in [1.165, 1.54) is 17.8 Å². The van der Waals surface area contributed by atoms with Crippen molar-refractivity contribution >= 4 is 33.2 Å². The second kappa shape index (κ2) is 7.72. The number of pyridine rings is 1. The summed E-state index contributed by atoms with van der Waals surface area (Å²) in [5.74, 6) is -0.476. The molecule has 2 heterocycles. The summed E-state index contributed by atoms with van der Waals surface area (Å²) < 4.78 is 22.7. The van der Waals surface area contributed by atoms with Crippen molar-refractivity contribution in [3.8, 4) is 11.5 Å². The van der Waals surface area contributed by atoms with Crippen LogP contribution in [0.4, 0.5) is 0 Å². The molecule has 148 valence electrons. The van der Waals surface area contributed by atoms with Gasteiger partial charge in [0.2, 0.25) is 15.8 Å². The lowest BCUT2D eigenvalue weighted by atomic mass is 10.0. The van der Waals surface area contributed by atoms with Gasteiger partial charge in [0.25, 0.3) is 0 Å². The molecule has 1 atom stereocenters. The number of tetrazole rings is 1. The number of benzene rings is 1. The zero-order valence-electron chi connectivity index (χ0n) is 14.6. The Kier molecular flexibility index (Phi) is 5.69. The van der Waals surface area contributed by atoms with Crippen LogP contribution < -0.4 is 5.14 Å². The Labute approximate surface area is 171 Å². The van der Waals surface area contributed by atoms with Gasteiger partial charge >= 0.3 is 0 Å². The number of sulfonamides is 1. The molecule has 0 aliphatic rings. The van der Waals surface area contributed by atoms with Gasteiger partial charge in [0, 0.05) is 0 Å². The highest BCUT2D eigenvalue weighted by Crippen LogP contribution is 2.26. The highest BCUT2D eigenvalue weighted by molar-refractivity contribution is 7.89. The maximum absolute atomic E-state index is 11.3. The molecule has 3 aromatic rings. The van der Waals surface area contributed by atoms with Crippen LogP contribution in [-0.4, -0.2) is 44.5 Å². The van der Waals surface area contributed by atoms with Crippen LogP contribution in [0.2, 0.25) is 10.0 Å². The fourth-order valence-electron chi connectivity index (χ4n) is 2.56. The van der Waals surface area contributed by atoms with Gasteiger partial charge in [-0.05, 0) is 35.9 Å². The van der Waals surface area contributed by atoms with Crippen molar-refractivity contribution in [1.29, 1.82) is 0 Å². The molecule has 28 heavy (non-hydrogen) atoms. The van der Waals surface area contributed by atoms with Crippen LogP contribution in [0.3, 0.4) is 0 Å². The minimum absolute atomic E-state index is 0.119. The molecule has 0 bridgehead atoms. The van der Waals surface area contributed by atoms with E-state index in [2.05, 4.69) is 20.4 Å². The predicted molar refractivity (Wildman–Crippen MR) is 104 cm³/mol. The fourth-order valence-corrected chi connectivity index (χ4v) is 3.87. The van der Waals surface area contributed by atoms with Gasteiger partial charge in [0.15, 0.2) is 0 Å². The average molecular weight is 443 g/mol. The number of hydrogen-bond donors (Lipinski definition) is 2. The molecule has 0 aliphatic heterocycles. The van der Waals surface area contributed by atoms with Crippen LogP contribution in [0.1, 0.15) is 18.2 Å². The lowest BCUT2D eigenvalue weighted by molar-refractivity contribution is 0.0773. The standard InChI is InChI=1S/C16H16Cl2N6O3S/c1-16(25,9-28(19,26)27)13-7-3-6-12(20-13)15-21-23-24(22-15)8-10-4-2-5-11(17)14(10)18/h2-7,25H,8-9H2,1H3,(H2,19,26,27)/t16-/m0/s1. The molecule has 3 N–H and O–H groups in total. The second-order valence-electron chi connectivity index (χ2n) is 6.35. The number of halogens is 2. The van der Waals surface area contributed by atoms with E-state index in [1.807, 2.05) is 0 Å². The lowest BCUT2D eigenvalue weighted by Crippen LogP contribution is -2.35. The van der Waals surface area contributed by atoms with Gasteiger partial charge in [-0.3, -0.25) is 0 Å². The topological polar surface area (TPSA) is 137 Å². The summed E-state index contributed by atoms with van der Waals surface area (Å²) >= 11 is 12.2. The molecule has 0 unspecified atom stereocenters. The average Bonchev–Trinajstić information content (AvgIpc) is 3.06. The lowest BCUT2D eigenvalue weighted by Gasteiger charge is -2.21. The van der Waals surface area contributed by atoms with Gasteiger partial charge in [-0.25, -0.2) is 18.5 Å². The number of hydrogen-bond acceptors (Lipinski definition) is 7. The van der Waals surface area contributed by atoms with Crippen molar-refractivity contribution in [1.82, 2.24) is 25.2 Å². The molecule has 0 radical (unpaired) electrons. The predicted octanol–water partition coefficient (Wildman–Crippen LogP) is 1.59. The Morgan fingerprint density at radius 1 is 1.21 bits per heavy atom. The van der Waals surface area contributed by atoms with Gasteiger partial charge in [-0.1, -0.05) is 41.4 Å². The van der Waals surface area contributed by atoms with Crippen LogP contribution in [0, 0.1) is 0 Å². The second-order valence-corrected chi connectivity index (χ2v) is 8.75. The minimum atomic E-state index is -3.91. The summed E-state index contributed by atoms with van der Waals surface area (Å²) in [6.07, 6.45) is 0. The fraction of sp³-hybridized carbons (Fsp3) is 0.250. The monoisotopic (exact) mass is 442 g/mol. The SMILES string of the molecule is C[C@](O)(CS(N)(=O)=O)c1cccc(-c2nnn(Cc3cccc(Cl)c3Cl)n2)n1. The molecular weight excluding hydrogens is 427 g/mol. The van der Waals surface area contributed by atoms with E-state index in [9.17, 15) is 13.5 Å². The highest BCUT2D eigenvalue weighted by Gasteiger charge is 2.30. The molecule has 3 rings (SSSR count). The number of nitrogens with zero attached hydrogens (tertiary/aromatic N) is 5. The maximum Gasteiger partial charge on any atom is 0.223 e. The molecule has 1 aromatic carbocycles. The Bertz CT molecular complexity index is 1120.